The predicted molar refractivity (Wildman–Crippen MR) is 174 cm³/mol. The van der Waals surface area contributed by atoms with Crippen molar-refractivity contribution in [3.05, 3.63) is 93.7 Å². The second-order valence-electron chi connectivity index (χ2n) is 9.87. The van der Waals surface area contributed by atoms with Gasteiger partial charge in [0.25, 0.3) is 0 Å². The Labute approximate surface area is 269 Å². The van der Waals surface area contributed by atoms with Gasteiger partial charge in [0.05, 0.1) is 23.8 Å². The number of carbonyl (C=O) groups is 4. The number of anilines is 2. The van der Waals surface area contributed by atoms with Crippen molar-refractivity contribution in [1.29, 1.82) is 0 Å². The van der Waals surface area contributed by atoms with Crippen molar-refractivity contribution in [2.75, 3.05) is 30.4 Å². The van der Waals surface area contributed by atoms with Crippen LogP contribution in [0.5, 0.6) is 5.75 Å². The van der Waals surface area contributed by atoms with Gasteiger partial charge in [-0.15, -0.1) is 0 Å². The molecule has 0 fully saturated rings. The van der Waals surface area contributed by atoms with Crippen molar-refractivity contribution < 1.29 is 23.9 Å². The Kier molecular flexibility index (Phi) is 11.1. The van der Waals surface area contributed by atoms with E-state index in [0.29, 0.717) is 27.6 Å². The van der Waals surface area contributed by atoms with E-state index in [1.165, 1.54) is 30.2 Å². The first kappa shape index (κ1) is 32.9. The molecule has 0 saturated heterocycles. The highest BCUT2D eigenvalue weighted by Crippen LogP contribution is 2.35. The Morgan fingerprint density at radius 2 is 1.78 bits per heavy atom. The van der Waals surface area contributed by atoms with Crippen molar-refractivity contribution in [1.82, 2.24) is 20.6 Å². The van der Waals surface area contributed by atoms with E-state index in [4.69, 9.17) is 27.9 Å². The number of para-hydroxylation sites is 1. The van der Waals surface area contributed by atoms with E-state index >= 15 is 0 Å². The Hall–Kier alpha value is -5.00. The topological polar surface area (TPSA) is 143 Å². The zero-order valence-corrected chi connectivity index (χ0v) is 26.2. The zero-order valence-electron chi connectivity index (χ0n) is 24.7. The molecule has 4 amide bonds. The summed E-state index contributed by atoms with van der Waals surface area (Å²) in [6.07, 6.45) is 4.22. The highest BCUT2D eigenvalue weighted by Gasteiger charge is 2.19. The van der Waals surface area contributed by atoms with Gasteiger partial charge in [-0.25, -0.2) is 9.97 Å². The molecule has 0 aliphatic heterocycles. The standard InChI is InChI=1S/C32H30Cl2N6O5/c1-19-7-10-22-5-4-6-26(32(22)38-19)45-18-23-24(33)11-12-25(31(23)34)40(3)30(44)17-37-28(42)14-9-21-8-13-27(36-15-21)39-29(43)16-35-20(2)41/h4-15H,16-18H2,1-3H3,(H,35,41)(H,37,42)(H,36,39,43). The van der Waals surface area contributed by atoms with E-state index < -0.39 is 17.7 Å². The van der Waals surface area contributed by atoms with E-state index in [-0.39, 0.29) is 36.4 Å². The summed E-state index contributed by atoms with van der Waals surface area (Å²) >= 11 is 13.1. The molecule has 0 bridgehead atoms. The number of benzene rings is 2. The van der Waals surface area contributed by atoms with Gasteiger partial charge in [0.15, 0.2) is 0 Å². The summed E-state index contributed by atoms with van der Waals surface area (Å²) in [6, 6.07) is 16.0. The quantitative estimate of drug-likeness (QED) is 0.200. The third-order valence-electron chi connectivity index (χ3n) is 6.49. The van der Waals surface area contributed by atoms with Gasteiger partial charge in [0.2, 0.25) is 23.6 Å². The molecular weight excluding hydrogens is 619 g/mol. The number of fused-ring (bicyclic) bond motifs is 1. The molecule has 0 saturated carbocycles. The van der Waals surface area contributed by atoms with Gasteiger partial charge in [-0.05, 0) is 55.0 Å². The van der Waals surface area contributed by atoms with Gasteiger partial charge in [-0.1, -0.05) is 41.4 Å². The molecule has 0 atom stereocenters. The van der Waals surface area contributed by atoms with E-state index in [1.54, 1.807) is 31.3 Å². The molecule has 232 valence electrons. The molecule has 4 aromatic rings. The Bertz CT molecular complexity index is 1780. The van der Waals surface area contributed by atoms with Crippen molar-refractivity contribution in [2.24, 2.45) is 0 Å². The number of aryl methyl sites for hydroxylation is 1. The molecule has 11 nitrogen and oxygen atoms in total. The number of nitrogens with zero attached hydrogens (tertiary/aromatic N) is 3. The van der Waals surface area contributed by atoms with Gasteiger partial charge >= 0.3 is 0 Å². The van der Waals surface area contributed by atoms with Crippen LogP contribution in [0.1, 0.15) is 23.7 Å². The van der Waals surface area contributed by atoms with Gasteiger partial charge in [-0.3, -0.25) is 19.2 Å². The number of amides is 4. The molecule has 0 unspecified atom stereocenters. The van der Waals surface area contributed by atoms with Gasteiger partial charge in [0, 0.05) is 47.9 Å². The molecule has 2 aromatic carbocycles. The van der Waals surface area contributed by atoms with Gasteiger partial charge < -0.3 is 25.6 Å². The molecule has 0 aliphatic carbocycles. The molecular formula is C32H30Cl2N6O5. The molecule has 0 aliphatic rings. The monoisotopic (exact) mass is 648 g/mol. The molecule has 13 heteroatoms. The summed E-state index contributed by atoms with van der Waals surface area (Å²) in [5, 5.41) is 9.04. The Morgan fingerprint density at radius 1 is 0.978 bits per heavy atom. The molecule has 3 N–H and O–H groups in total. The second kappa shape index (κ2) is 15.1. The fourth-order valence-electron chi connectivity index (χ4n) is 4.08. The lowest BCUT2D eigenvalue weighted by Gasteiger charge is -2.21. The highest BCUT2D eigenvalue weighted by molar-refractivity contribution is 6.38. The summed E-state index contributed by atoms with van der Waals surface area (Å²) in [7, 11) is 1.55. The lowest BCUT2D eigenvalue weighted by Crippen LogP contribution is -2.37. The minimum absolute atomic E-state index is 0.0447. The fraction of sp³-hybridized carbons (Fsp3) is 0.188. The van der Waals surface area contributed by atoms with E-state index in [9.17, 15) is 19.2 Å². The van der Waals surface area contributed by atoms with Crippen LogP contribution in [0.2, 0.25) is 10.0 Å². The van der Waals surface area contributed by atoms with Crippen LogP contribution in [-0.4, -0.2) is 53.7 Å². The predicted octanol–water partition coefficient (Wildman–Crippen LogP) is 4.69. The SMILES string of the molecule is CC(=O)NCC(=O)Nc1ccc(C=CC(=O)NCC(=O)N(C)c2ccc(Cl)c(COc3cccc4ccc(C)nc34)c2Cl)cn1. The van der Waals surface area contributed by atoms with E-state index in [0.717, 1.165) is 16.6 Å². The van der Waals surface area contributed by atoms with Crippen molar-refractivity contribution >= 4 is 75.3 Å². The number of likely N-dealkylation sites (N-methyl/N-ethyl adjacent to an activating group) is 1. The normalized spacial score (nSPS) is 10.9. The average molecular weight is 650 g/mol. The van der Waals surface area contributed by atoms with Crippen LogP contribution in [0.15, 0.2) is 66.9 Å². The van der Waals surface area contributed by atoms with Crippen molar-refractivity contribution in [2.45, 2.75) is 20.5 Å². The van der Waals surface area contributed by atoms with Crippen molar-refractivity contribution in [3.63, 3.8) is 0 Å². The van der Waals surface area contributed by atoms with Gasteiger partial charge in [-0.2, -0.15) is 0 Å². The van der Waals surface area contributed by atoms with E-state index in [1.807, 2.05) is 37.3 Å². The maximum atomic E-state index is 12.9. The maximum Gasteiger partial charge on any atom is 0.246 e. The second-order valence-corrected chi connectivity index (χ2v) is 10.7. The smallest absolute Gasteiger partial charge is 0.246 e. The van der Waals surface area contributed by atoms with Crippen LogP contribution in [0.3, 0.4) is 0 Å². The van der Waals surface area contributed by atoms with Gasteiger partial charge in [0.1, 0.15) is 23.7 Å². The Balaban J connectivity index is 1.33. The number of ether oxygens (including phenoxy) is 1. The summed E-state index contributed by atoms with van der Waals surface area (Å²) in [6.45, 7) is 2.80. The van der Waals surface area contributed by atoms with Crippen LogP contribution in [-0.2, 0) is 25.8 Å². The number of aromatic nitrogens is 2. The van der Waals surface area contributed by atoms with Crippen LogP contribution < -0.4 is 25.6 Å². The number of rotatable bonds is 11. The van der Waals surface area contributed by atoms with Crippen LogP contribution in [0.25, 0.3) is 17.0 Å². The minimum Gasteiger partial charge on any atom is -0.487 e. The maximum absolute atomic E-state index is 12.9. The molecule has 45 heavy (non-hydrogen) atoms. The highest BCUT2D eigenvalue weighted by atomic mass is 35.5. The summed E-state index contributed by atoms with van der Waals surface area (Å²) in [4.78, 5) is 58.0. The lowest BCUT2D eigenvalue weighted by molar-refractivity contribution is -0.122. The van der Waals surface area contributed by atoms with E-state index in [2.05, 4.69) is 25.9 Å². The number of carbonyl (C=O) groups excluding carboxylic acids is 4. The summed E-state index contributed by atoms with van der Waals surface area (Å²) in [5.74, 6) is -0.793. The summed E-state index contributed by atoms with van der Waals surface area (Å²) in [5.41, 5.74) is 3.06. The lowest BCUT2D eigenvalue weighted by atomic mass is 10.1. The number of pyridine rings is 2. The first-order chi connectivity index (χ1) is 21.5. The third kappa shape index (κ3) is 9.01. The molecule has 2 aromatic heterocycles. The molecule has 0 spiro atoms. The molecule has 0 radical (unpaired) electrons. The van der Waals surface area contributed by atoms with Crippen LogP contribution in [0, 0.1) is 6.92 Å². The zero-order chi connectivity index (χ0) is 32.5. The number of halogens is 2. The molecule has 4 rings (SSSR count). The largest absolute Gasteiger partial charge is 0.487 e. The first-order valence-electron chi connectivity index (χ1n) is 13.7. The van der Waals surface area contributed by atoms with Crippen LogP contribution in [0.4, 0.5) is 11.5 Å². The number of hydrogen-bond acceptors (Lipinski definition) is 7. The number of nitrogens with one attached hydrogen (secondary N) is 3. The Morgan fingerprint density at radius 3 is 2.51 bits per heavy atom. The fourth-order valence-corrected chi connectivity index (χ4v) is 4.68. The van der Waals surface area contributed by atoms with Crippen LogP contribution >= 0.6 is 23.2 Å². The molecule has 2 heterocycles. The van der Waals surface area contributed by atoms with Crippen molar-refractivity contribution in [3.8, 4) is 5.75 Å². The third-order valence-corrected chi connectivity index (χ3v) is 7.26. The average Bonchev–Trinajstić information content (AvgIpc) is 3.02. The summed E-state index contributed by atoms with van der Waals surface area (Å²) < 4.78 is 6.06. The minimum atomic E-state index is -0.500. The first-order valence-corrected chi connectivity index (χ1v) is 14.5. The number of hydrogen-bond donors (Lipinski definition) is 3.